The molecule has 1 aromatic carbocycles. The summed E-state index contributed by atoms with van der Waals surface area (Å²) in [5, 5.41) is 25.2. The average molecular weight is 545 g/mol. The Bertz CT molecular complexity index is 1360. The van der Waals surface area contributed by atoms with Gasteiger partial charge in [0.05, 0.1) is 13.5 Å². The number of anilines is 3. The van der Waals surface area contributed by atoms with E-state index in [0.29, 0.717) is 16.8 Å². The second kappa shape index (κ2) is 12.6. The smallest absolute Gasteiger partial charge is 0.230 e. The van der Waals surface area contributed by atoms with Crippen LogP contribution in [0.25, 0.3) is 0 Å². The highest BCUT2D eigenvalue weighted by atomic mass is 32.1. The SMILES string of the molecule is COc1ccccc1CC(=O)Nc1nnc(C2CCN(c3ccc(NC(C)Cc4ccccn4)nn3)CC2)s1. The third kappa shape index (κ3) is 7.05. The van der Waals surface area contributed by atoms with E-state index in [1.807, 2.05) is 60.8 Å². The molecule has 1 atom stereocenters. The average Bonchev–Trinajstić information content (AvgIpc) is 3.42. The van der Waals surface area contributed by atoms with Crippen LogP contribution in [-0.4, -0.2) is 57.5 Å². The predicted molar refractivity (Wildman–Crippen MR) is 152 cm³/mol. The number of nitrogens with one attached hydrogen (secondary N) is 2. The largest absolute Gasteiger partial charge is 0.496 e. The third-order valence-corrected chi connectivity index (χ3v) is 7.69. The molecule has 0 aliphatic carbocycles. The van der Waals surface area contributed by atoms with Crippen LogP contribution >= 0.6 is 11.3 Å². The highest BCUT2D eigenvalue weighted by Crippen LogP contribution is 2.33. The summed E-state index contributed by atoms with van der Waals surface area (Å²) in [7, 11) is 1.60. The molecule has 0 saturated carbocycles. The fourth-order valence-corrected chi connectivity index (χ4v) is 5.63. The standard InChI is InChI=1S/C28H32N8O2S/c1-19(17-22-8-5-6-14-29-22)30-24-10-11-25(33-32-24)36-15-12-20(13-16-36)27-34-35-28(39-27)31-26(37)18-21-7-3-4-9-23(21)38-2/h3-11,14,19-20H,12-13,15-18H2,1-2H3,(H,30,32)(H,31,35,37). The molecule has 39 heavy (non-hydrogen) atoms. The molecule has 1 unspecified atom stereocenters. The van der Waals surface area contributed by atoms with Gasteiger partial charge >= 0.3 is 0 Å². The van der Waals surface area contributed by atoms with E-state index in [0.717, 1.165) is 60.3 Å². The maximum Gasteiger partial charge on any atom is 0.230 e. The normalized spacial score (nSPS) is 14.6. The van der Waals surface area contributed by atoms with E-state index in [9.17, 15) is 4.79 Å². The molecule has 2 N–H and O–H groups in total. The molecule has 1 saturated heterocycles. The number of methoxy groups -OCH3 is 1. The monoisotopic (exact) mass is 544 g/mol. The number of hydrogen-bond acceptors (Lipinski definition) is 10. The number of nitrogens with zero attached hydrogens (tertiary/aromatic N) is 6. The van der Waals surface area contributed by atoms with Crippen molar-refractivity contribution in [2.75, 3.05) is 35.7 Å². The van der Waals surface area contributed by atoms with Gasteiger partial charge in [-0.3, -0.25) is 9.78 Å². The van der Waals surface area contributed by atoms with E-state index in [-0.39, 0.29) is 18.4 Å². The summed E-state index contributed by atoms with van der Waals surface area (Å²) in [6.07, 6.45) is 4.72. The van der Waals surface area contributed by atoms with Crippen LogP contribution in [0.2, 0.25) is 0 Å². The van der Waals surface area contributed by atoms with Crippen LogP contribution in [0.4, 0.5) is 16.8 Å². The number of piperidine rings is 1. The molecule has 5 rings (SSSR count). The molecule has 3 aromatic heterocycles. The summed E-state index contributed by atoms with van der Waals surface area (Å²) in [6.45, 7) is 3.83. The lowest BCUT2D eigenvalue weighted by Crippen LogP contribution is -2.33. The molecule has 0 radical (unpaired) electrons. The maximum atomic E-state index is 12.5. The van der Waals surface area contributed by atoms with Crippen molar-refractivity contribution in [2.24, 2.45) is 0 Å². The van der Waals surface area contributed by atoms with Gasteiger partial charge in [0.15, 0.2) is 5.82 Å². The number of aromatic nitrogens is 5. The molecule has 202 valence electrons. The zero-order chi connectivity index (χ0) is 27.0. The van der Waals surface area contributed by atoms with Crippen LogP contribution in [0.5, 0.6) is 5.75 Å². The third-order valence-electron chi connectivity index (χ3n) is 6.68. The molecule has 1 amide bonds. The first-order chi connectivity index (χ1) is 19.1. The Morgan fingerprint density at radius 3 is 2.62 bits per heavy atom. The first-order valence-electron chi connectivity index (χ1n) is 13.1. The Hall–Kier alpha value is -4.12. The number of para-hydroxylation sites is 1. The van der Waals surface area contributed by atoms with Gasteiger partial charge in [0, 0.05) is 48.9 Å². The van der Waals surface area contributed by atoms with E-state index in [1.54, 1.807) is 7.11 Å². The molecule has 4 aromatic rings. The van der Waals surface area contributed by atoms with Crippen molar-refractivity contribution in [2.45, 2.75) is 44.6 Å². The minimum atomic E-state index is -0.139. The number of hydrogen-bond donors (Lipinski definition) is 2. The molecule has 1 aliphatic heterocycles. The lowest BCUT2D eigenvalue weighted by molar-refractivity contribution is -0.115. The molecule has 0 spiro atoms. The van der Waals surface area contributed by atoms with Crippen molar-refractivity contribution in [1.82, 2.24) is 25.4 Å². The Morgan fingerprint density at radius 1 is 1.05 bits per heavy atom. The summed E-state index contributed by atoms with van der Waals surface area (Å²) in [5.74, 6) is 2.49. The van der Waals surface area contributed by atoms with Crippen molar-refractivity contribution in [1.29, 1.82) is 0 Å². The first kappa shape index (κ1) is 26.5. The van der Waals surface area contributed by atoms with Gasteiger partial charge in [-0.05, 0) is 50.1 Å². The fraction of sp³-hybridized carbons (Fsp3) is 0.357. The van der Waals surface area contributed by atoms with Crippen molar-refractivity contribution in [3.8, 4) is 5.75 Å². The highest BCUT2D eigenvalue weighted by Gasteiger charge is 2.25. The van der Waals surface area contributed by atoms with E-state index in [2.05, 4.69) is 47.8 Å². The summed E-state index contributed by atoms with van der Waals surface area (Å²) < 4.78 is 5.34. The molecule has 4 heterocycles. The van der Waals surface area contributed by atoms with Gasteiger partial charge in [-0.1, -0.05) is 35.6 Å². The molecular formula is C28H32N8O2S. The van der Waals surface area contributed by atoms with Crippen LogP contribution in [0.15, 0.2) is 60.8 Å². The number of carbonyl (C=O) groups excluding carboxylic acids is 1. The number of carbonyl (C=O) groups is 1. The van der Waals surface area contributed by atoms with Gasteiger partial charge in [0.1, 0.15) is 16.6 Å². The molecule has 0 bridgehead atoms. The van der Waals surface area contributed by atoms with Gasteiger partial charge in [-0.25, -0.2) is 0 Å². The minimum absolute atomic E-state index is 0.139. The predicted octanol–water partition coefficient (Wildman–Crippen LogP) is 4.34. The molecule has 10 nitrogen and oxygen atoms in total. The maximum absolute atomic E-state index is 12.5. The van der Waals surface area contributed by atoms with E-state index in [1.165, 1.54) is 11.3 Å². The van der Waals surface area contributed by atoms with Gasteiger partial charge in [-0.15, -0.1) is 20.4 Å². The number of ether oxygens (including phenoxy) is 1. The Balaban J connectivity index is 1.09. The van der Waals surface area contributed by atoms with Crippen LogP contribution in [0.1, 0.15) is 41.9 Å². The quantitative estimate of drug-likeness (QED) is 0.301. The minimum Gasteiger partial charge on any atom is -0.496 e. The lowest BCUT2D eigenvalue weighted by atomic mass is 9.98. The summed E-state index contributed by atoms with van der Waals surface area (Å²) in [5.41, 5.74) is 1.88. The van der Waals surface area contributed by atoms with E-state index < -0.39 is 0 Å². The number of benzene rings is 1. The zero-order valence-corrected chi connectivity index (χ0v) is 22.9. The van der Waals surface area contributed by atoms with Crippen molar-refractivity contribution < 1.29 is 9.53 Å². The van der Waals surface area contributed by atoms with Gasteiger partial charge in [-0.2, -0.15) is 0 Å². The van der Waals surface area contributed by atoms with Gasteiger partial charge in [0.25, 0.3) is 0 Å². The van der Waals surface area contributed by atoms with Crippen LogP contribution in [-0.2, 0) is 17.6 Å². The zero-order valence-electron chi connectivity index (χ0n) is 22.1. The Morgan fingerprint density at radius 2 is 1.87 bits per heavy atom. The van der Waals surface area contributed by atoms with E-state index >= 15 is 0 Å². The van der Waals surface area contributed by atoms with Crippen molar-refractivity contribution >= 4 is 34.0 Å². The van der Waals surface area contributed by atoms with Crippen LogP contribution in [0, 0.1) is 0 Å². The van der Waals surface area contributed by atoms with Crippen LogP contribution < -0.4 is 20.3 Å². The van der Waals surface area contributed by atoms with Gasteiger partial charge in [0.2, 0.25) is 11.0 Å². The summed E-state index contributed by atoms with van der Waals surface area (Å²) >= 11 is 1.45. The summed E-state index contributed by atoms with van der Waals surface area (Å²) in [6, 6.07) is 17.6. The van der Waals surface area contributed by atoms with Gasteiger partial charge < -0.3 is 20.3 Å². The molecule has 11 heteroatoms. The number of pyridine rings is 1. The fourth-order valence-electron chi connectivity index (χ4n) is 4.70. The van der Waals surface area contributed by atoms with E-state index in [4.69, 9.17) is 4.74 Å². The van der Waals surface area contributed by atoms with Crippen LogP contribution in [0.3, 0.4) is 0 Å². The highest BCUT2D eigenvalue weighted by molar-refractivity contribution is 7.15. The van der Waals surface area contributed by atoms with Crippen molar-refractivity contribution in [3.63, 3.8) is 0 Å². The first-order valence-corrected chi connectivity index (χ1v) is 13.9. The lowest BCUT2D eigenvalue weighted by Gasteiger charge is -2.31. The molecular weight excluding hydrogens is 512 g/mol. The number of amides is 1. The summed E-state index contributed by atoms with van der Waals surface area (Å²) in [4.78, 5) is 19.2. The van der Waals surface area contributed by atoms with Crippen molar-refractivity contribution in [3.05, 3.63) is 77.1 Å². The number of rotatable bonds is 10. The molecule has 1 fully saturated rings. The Kier molecular flexibility index (Phi) is 8.57. The Labute approximate surface area is 231 Å². The molecule has 1 aliphatic rings. The second-order valence-corrected chi connectivity index (χ2v) is 10.6. The topological polar surface area (TPSA) is 118 Å². The second-order valence-electron chi connectivity index (χ2n) is 9.59.